The number of aromatic hydroxyl groups is 1. The van der Waals surface area contributed by atoms with Gasteiger partial charge in [-0.1, -0.05) is 12.0 Å². The van der Waals surface area contributed by atoms with Crippen LogP contribution in [-0.4, -0.2) is 83.6 Å². The fourth-order valence-electron chi connectivity index (χ4n) is 8.22. The van der Waals surface area contributed by atoms with Gasteiger partial charge in [0.1, 0.15) is 23.2 Å². The molecule has 10 heteroatoms. The molecule has 4 saturated heterocycles. The molecule has 1 aliphatic carbocycles. The number of phenols is 1. The third-order valence-electron chi connectivity index (χ3n) is 10.8. The van der Waals surface area contributed by atoms with Crippen molar-refractivity contribution in [1.29, 1.82) is 0 Å². The number of hydrogen-bond acceptors (Lipinski definition) is 8. The van der Waals surface area contributed by atoms with E-state index < -0.39 is 11.6 Å². The molecule has 4 atom stereocenters. The SMILES string of the molecule is C#Cc1c(F)ccc2cc(O)cc(-c3cc4nc(OCC5(CN6C[C@@H]7C[C@H]6CO7)CC5)nc(N5CC6CCC(C5)N6)c4cc3F)c12. The van der Waals surface area contributed by atoms with Crippen LogP contribution in [0.3, 0.4) is 0 Å². The molecule has 9 rings (SSSR count). The Kier molecular flexibility index (Phi) is 6.43. The zero-order chi connectivity index (χ0) is 31.2. The van der Waals surface area contributed by atoms with E-state index in [0.29, 0.717) is 63.9 Å². The number of aromatic nitrogens is 2. The van der Waals surface area contributed by atoms with Crippen LogP contribution in [0.15, 0.2) is 36.4 Å². The van der Waals surface area contributed by atoms with Gasteiger partial charge in [0.15, 0.2) is 0 Å². The number of terminal acetylenes is 1. The van der Waals surface area contributed by atoms with Crippen LogP contribution < -0.4 is 15.0 Å². The number of halogens is 2. The van der Waals surface area contributed by atoms with E-state index in [0.717, 1.165) is 64.9 Å². The molecular weight excluding hydrogens is 588 g/mol. The minimum absolute atomic E-state index is 0.0169. The number of hydrogen-bond donors (Lipinski definition) is 2. The summed E-state index contributed by atoms with van der Waals surface area (Å²) in [6, 6.07) is 10.3. The van der Waals surface area contributed by atoms with E-state index in [4.69, 9.17) is 25.9 Å². The van der Waals surface area contributed by atoms with Crippen molar-refractivity contribution in [2.24, 2.45) is 5.41 Å². The number of likely N-dealkylation sites (tertiary alicyclic amines) is 1. The molecule has 5 aliphatic rings. The molecule has 236 valence electrons. The van der Waals surface area contributed by atoms with E-state index in [1.54, 1.807) is 6.07 Å². The van der Waals surface area contributed by atoms with Crippen LogP contribution in [0, 0.1) is 29.4 Å². The number of piperazine rings is 1. The average Bonchev–Trinajstić information content (AvgIpc) is 3.31. The lowest BCUT2D eigenvalue weighted by molar-refractivity contribution is 0.0176. The Morgan fingerprint density at radius 2 is 1.87 bits per heavy atom. The quantitative estimate of drug-likeness (QED) is 0.279. The van der Waals surface area contributed by atoms with Gasteiger partial charge in [-0.05, 0) is 73.4 Å². The molecule has 8 nitrogen and oxygen atoms in total. The summed E-state index contributed by atoms with van der Waals surface area (Å²) in [6.07, 6.45) is 11.6. The molecule has 46 heavy (non-hydrogen) atoms. The van der Waals surface area contributed by atoms with Gasteiger partial charge in [-0.25, -0.2) is 8.78 Å². The van der Waals surface area contributed by atoms with Gasteiger partial charge in [-0.15, -0.1) is 6.42 Å². The number of rotatable bonds is 7. The van der Waals surface area contributed by atoms with Gasteiger partial charge in [0, 0.05) is 66.1 Å². The van der Waals surface area contributed by atoms with E-state index in [2.05, 4.69) is 21.0 Å². The lowest BCUT2D eigenvalue weighted by Gasteiger charge is -2.34. The highest BCUT2D eigenvalue weighted by Gasteiger charge is 2.49. The number of nitrogens with one attached hydrogen (secondary N) is 1. The number of benzene rings is 3. The summed E-state index contributed by atoms with van der Waals surface area (Å²) < 4.78 is 43.3. The van der Waals surface area contributed by atoms with Crippen molar-refractivity contribution in [2.45, 2.75) is 56.3 Å². The Morgan fingerprint density at radius 3 is 2.59 bits per heavy atom. The molecule has 1 aromatic heterocycles. The largest absolute Gasteiger partial charge is 0.508 e. The summed E-state index contributed by atoms with van der Waals surface area (Å²) in [5, 5.41) is 15.7. The summed E-state index contributed by atoms with van der Waals surface area (Å²) in [6.45, 7) is 4.81. The van der Waals surface area contributed by atoms with Crippen LogP contribution in [0.25, 0.3) is 32.8 Å². The summed E-state index contributed by atoms with van der Waals surface area (Å²) in [7, 11) is 0. The molecule has 5 fully saturated rings. The molecule has 2 N–H and O–H groups in total. The Morgan fingerprint density at radius 1 is 1.04 bits per heavy atom. The Labute approximate surface area is 265 Å². The second-order valence-electron chi connectivity index (χ2n) is 13.9. The number of anilines is 1. The molecule has 2 unspecified atom stereocenters. The zero-order valence-electron chi connectivity index (χ0n) is 25.4. The predicted molar refractivity (Wildman–Crippen MR) is 171 cm³/mol. The van der Waals surface area contributed by atoms with Crippen molar-refractivity contribution in [3.05, 3.63) is 53.6 Å². The normalized spacial score (nSPS) is 26.2. The van der Waals surface area contributed by atoms with E-state index in [-0.39, 0.29) is 28.3 Å². The molecule has 5 heterocycles. The first-order valence-electron chi connectivity index (χ1n) is 16.3. The van der Waals surface area contributed by atoms with Gasteiger partial charge in [0.2, 0.25) is 0 Å². The number of phenolic OH excluding ortho intramolecular Hbond substituents is 1. The van der Waals surface area contributed by atoms with Crippen LogP contribution in [0.2, 0.25) is 0 Å². The first-order valence-corrected chi connectivity index (χ1v) is 16.3. The molecule has 0 spiro atoms. The van der Waals surface area contributed by atoms with Gasteiger partial charge in [0.25, 0.3) is 0 Å². The standard InChI is InChI=1S/C36H35F2N5O3/c1-2-26-30(37)6-3-20-9-24(44)11-28(33(20)26)27-13-32-29(12-31(27)38)34(42-14-21-4-5-22(15-42)39-21)41-35(40-32)46-19-36(7-8-36)18-43-16-25-10-23(43)17-45-25/h1,3,6,9,11-13,21-23,25,39,44H,4-5,7-8,10,14-19H2/t21?,22?,23-,25-/m0/s1. The van der Waals surface area contributed by atoms with Gasteiger partial charge < -0.3 is 24.8 Å². The second-order valence-corrected chi connectivity index (χ2v) is 13.9. The van der Waals surface area contributed by atoms with Gasteiger partial charge in [-0.2, -0.15) is 9.97 Å². The Hall–Kier alpha value is -4.04. The summed E-state index contributed by atoms with van der Waals surface area (Å²) in [5.74, 6) is 1.88. The number of ether oxygens (including phenoxy) is 2. The molecule has 4 bridgehead atoms. The molecular formula is C36H35F2N5O3. The Balaban J connectivity index is 1.12. The van der Waals surface area contributed by atoms with Crippen molar-refractivity contribution in [3.63, 3.8) is 0 Å². The Bertz CT molecular complexity index is 1930. The molecule has 4 aromatic rings. The van der Waals surface area contributed by atoms with Crippen LogP contribution in [0.5, 0.6) is 11.8 Å². The fourth-order valence-corrected chi connectivity index (χ4v) is 8.22. The molecule has 4 aliphatic heterocycles. The highest BCUT2D eigenvalue weighted by atomic mass is 19.1. The van der Waals surface area contributed by atoms with E-state index in [1.807, 2.05) is 0 Å². The average molecular weight is 624 g/mol. The van der Waals surface area contributed by atoms with Crippen molar-refractivity contribution >= 4 is 27.5 Å². The van der Waals surface area contributed by atoms with E-state index in [9.17, 15) is 9.50 Å². The van der Waals surface area contributed by atoms with Gasteiger partial charge >= 0.3 is 6.01 Å². The summed E-state index contributed by atoms with van der Waals surface area (Å²) in [5.41, 5.74) is 1.06. The predicted octanol–water partition coefficient (Wildman–Crippen LogP) is 4.99. The van der Waals surface area contributed by atoms with Crippen molar-refractivity contribution in [1.82, 2.24) is 20.2 Å². The van der Waals surface area contributed by atoms with Crippen LogP contribution in [-0.2, 0) is 4.74 Å². The smallest absolute Gasteiger partial charge is 0.318 e. The minimum Gasteiger partial charge on any atom is -0.508 e. The molecule has 0 amide bonds. The van der Waals surface area contributed by atoms with Gasteiger partial charge in [0.05, 0.1) is 30.4 Å². The van der Waals surface area contributed by atoms with Crippen LogP contribution >= 0.6 is 0 Å². The number of nitrogens with zero attached hydrogens (tertiary/aromatic N) is 4. The highest BCUT2D eigenvalue weighted by molar-refractivity contribution is 6.04. The number of morpholine rings is 1. The summed E-state index contributed by atoms with van der Waals surface area (Å²) >= 11 is 0. The minimum atomic E-state index is -0.583. The van der Waals surface area contributed by atoms with Gasteiger partial charge in [-0.3, -0.25) is 4.90 Å². The number of fused-ring (bicyclic) bond motifs is 6. The van der Waals surface area contributed by atoms with Crippen molar-refractivity contribution < 1.29 is 23.4 Å². The second kappa shape index (κ2) is 10.5. The molecule has 0 radical (unpaired) electrons. The van der Waals surface area contributed by atoms with Crippen LogP contribution in [0.1, 0.15) is 37.7 Å². The third kappa shape index (κ3) is 4.75. The topological polar surface area (TPSA) is 83.0 Å². The zero-order valence-corrected chi connectivity index (χ0v) is 25.4. The maximum Gasteiger partial charge on any atom is 0.318 e. The lowest BCUT2D eigenvalue weighted by atomic mass is 9.93. The van der Waals surface area contributed by atoms with Crippen LogP contribution in [0.4, 0.5) is 14.6 Å². The highest BCUT2D eigenvalue weighted by Crippen LogP contribution is 2.48. The van der Waals surface area contributed by atoms with Crippen molar-refractivity contribution in [2.75, 3.05) is 44.3 Å². The first-order chi connectivity index (χ1) is 22.3. The monoisotopic (exact) mass is 623 g/mol. The molecule has 3 aromatic carbocycles. The van der Waals surface area contributed by atoms with Crippen molar-refractivity contribution in [3.8, 4) is 35.2 Å². The fraction of sp³-hybridized carbons (Fsp3) is 0.444. The lowest BCUT2D eigenvalue weighted by Crippen LogP contribution is -2.51. The first kappa shape index (κ1) is 28.2. The van der Waals surface area contributed by atoms with E-state index >= 15 is 4.39 Å². The van der Waals surface area contributed by atoms with E-state index in [1.165, 1.54) is 30.3 Å². The molecule has 1 saturated carbocycles. The third-order valence-corrected chi connectivity index (χ3v) is 10.8. The maximum atomic E-state index is 16.2. The maximum absolute atomic E-state index is 16.2. The summed E-state index contributed by atoms with van der Waals surface area (Å²) in [4.78, 5) is 14.5.